The summed E-state index contributed by atoms with van der Waals surface area (Å²) in [6.07, 6.45) is 3.00. The van der Waals surface area contributed by atoms with Gasteiger partial charge in [0.1, 0.15) is 0 Å². The van der Waals surface area contributed by atoms with Crippen molar-refractivity contribution in [1.82, 2.24) is 9.88 Å². The Hall–Kier alpha value is -2.99. The Labute approximate surface area is 152 Å². The number of ether oxygens (including phenoxy) is 2. The van der Waals surface area contributed by atoms with Crippen LogP contribution in [0.4, 0.5) is 0 Å². The van der Waals surface area contributed by atoms with Crippen LogP contribution in [0.3, 0.4) is 0 Å². The molecule has 0 fully saturated rings. The third kappa shape index (κ3) is 3.50. The number of hydrogen-bond acceptors (Lipinski definition) is 6. The largest absolute Gasteiger partial charge is 0.453 e. The molecule has 0 bridgehead atoms. The molecule has 0 aliphatic carbocycles. The summed E-state index contributed by atoms with van der Waals surface area (Å²) in [6.45, 7) is 0.346. The van der Waals surface area contributed by atoms with Crippen LogP contribution in [-0.4, -0.2) is 48.6 Å². The van der Waals surface area contributed by atoms with E-state index >= 15 is 0 Å². The molecule has 2 atom stereocenters. The predicted octanol–water partition coefficient (Wildman–Crippen LogP) is 1.91. The van der Waals surface area contributed by atoms with Gasteiger partial charge >= 0.3 is 11.9 Å². The maximum atomic E-state index is 12.4. The molecule has 0 amide bonds. The quantitative estimate of drug-likeness (QED) is 0.783. The topological polar surface area (TPSA) is 68.7 Å². The van der Waals surface area contributed by atoms with Crippen LogP contribution in [0.25, 0.3) is 0 Å². The molecule has 0 spiro atoms. The van der Waals surface area contributed by atoms with Crippen molar-refractivity contribution in [1.29, 1.82) is 0 Å². The number of carbonyl (C=O) groups excluding carboxylic acids is 2. The minimum Gasteiger partial charge on any atom is -0.453 e. The molecular weight excluding hydrogens is 332 g/mol. The van der Waals surface area contributed by atoms with Gasteiger partial charge in [-0.15, -0.1) is 0 Å². The Balaban J connectivity index is 2.27. The fraction of sp³-hybridized carbons (Fsp3) is 0.250. The van der Waals surface area contributed by atoms with Crippen LogP contribution in [0.1, 0.15) is 11.3 Å². The molecule has 6 heteroatoms. The molecule has 0 saturated carbocycles. The number of hydrogen-bond donors (Lipinski definition) is 0. The third-order valence-corrected chi connectivity index (χ3v) is 4.11. The van der Waals surface area contributed by atoms with E-state index in [9.17, 15) is 9.59 Å². The Morgan fingerprint density at radius 3 is 2.35 bits per heavy atom. The Kier molecular flexibility index (Phi) is 5.14. The minimum atomic E-state index is -1.36. The molecule has 3 rings (SSSR count). The summed E-state index contributed by atoms with van der Waals surface area (Å²) >= 11 is 0. The van der Waals surface area contributed by atoms with Gasteiger partial charge in [-0.2, -0.15) is 0 Å². The monoisotopic (exact) mass is 352 g/mol. The van der Waals surface area contributed by atoms with E-state index in [1.165, 1.54) is 0 Å². The lowest BCUT2D eigenvalue weighted by atomic mass is 9.83. The van der Waals surface area contributed by atoms with Crippen molar-refractivity contribution in [3.63, 3.8) is 0 Å². The van der Waals surface area contributed by atoms with Crippen molar-refractivity contribution < 1.29 is 19.1 Å². The van der Waals surface area contributed by atoms with Crippen molar-refractivity contribution in [3.8, 4) is 0 Å². The molecule has 0 radical (unpaired) electrons. The minimum absolute atomic E-state index is 0.346. The number of pyridine rings is 1. The first-order chi connectivity index (χ1) is 12.5. The summed E-state index contributed by atoms with van der Waals surface area (Å²) in [5, 5.41) is 0. The molecule has 26 heavy (non-hydrogen) atoms. The standard InChI is InChI=1S/C20H20N2O4/c1-22(2)14-17-20(15-8-4-3-5-9-15,16-10-6-7-13-21-16)26-19(24)12-11-18(23)25-17/h3-13,17H,14H2,1-2H3/b12-11-. The number of nitrogens with zero attached hydrogens (tertiary/aromatic N) is 2. The van der Waals surface area contributed by atoms with Gasteiger partial charge in [-0.1, -0.05) is 36.4 Å². The van der Waals surface area contributed by atoms with Crippen molar-refractivity contribution >= 4 is 11.9 Å². The first-order valence-electron chi connectivity index (χ1n) is 8.26. The van der Waals surface area contributed by atoms with Crippen molar-refractivity contribution in [2.24, 2.45) is 0 Å². The highest BCUT2D eigenvalue weighted by atomic mass is 16.6. The average molecular weight is 352 g/mol. The fourth-order valence-corrected chi connectivity index (χ4v) is 3.03. The van der Waals surface area contributed by atoms with Gasteiger partial charge in [0.2, 0.25) is 5.60 Å². The van der Waals surface area contributed by atoms with E-state index in [1.54, 1.807) is 18.3 Å². The molecule has 2 heterocycles. The number of likely N-dealkylation sites (N-methyl/N-ethyl adjacent to an activating group) is 1. The van der Waals surface area contributed by atoms with Gasteiger partial charge in [0, 0.05) is 30.5 Å². The van der Waals surface area contributed by atoms with E-state index in [2.05, 4.69) is 4.98 Å². The SMILES string of the molecule is CN(C)CC1OC(=O)/C=C\C(=O)OC1(c1ccccc1)c1ccccn1. The Morgan fingerprint density at radius 1 is 1.00 bits per heavy atom. The molecule has 1 aromatic heterocycles. The second kappa shape index (κ2) is 7.49. The second-order valence-corrected chi connectivity index (χ2v) is 6.26. The number of benzene rings is 1. The van der Waals surface area contributed by atoms with Gasteiger partial charge in [-0.25, -0.2) is 9.59 Å². The molecule has 0 saturated heterocycles. The summed E-state index contributed by atoms with van der Waals surface area (Å²) in [4.78, 5) is 30.9. The fourth-order valence-electron chi connectivity index (χ4n) is 3.03. The molecule has 1 aromatic carbocycles. The number of rotatable bonds is 4. The van der Waals surface area contributed by atoms with Gasteiger partial charge in [0.25, 0.3) is 0 Å². The zero-order chi connectivity index (χ0) is 18.6. The molecule has 1 aliphatic rings. The normalized spacial score (nSPS) is 24.3. The Morgan fingerprint density at radius 2 is 1.69 bits per heavy atom. The van der Waals surface area contributed by atoms with Gasteiger partial charge in [-0.3, -0.25) is 4.98 Å². The Bertz CT molecular complexity index is 764. The van der Waals surface area contributed by atoms with Crippen LogP contribution in [0.2, 0.25) is 0 Å². The first-order valence-corrected chi connectivity index (χ1v) is 8.26. The molecule has 1 aliphatic heterocycles. The molecule has 0 N–H and O–H groups in total. The van der Waals surface area contributed by atoms with Crippen LogP contribution in [0, 0.1) is 0 Å². The van der Waals surface area contributed by atoms with Crippen LogP contribution >= 0.6 is 0 Å². The number of esters is 2. The predicted molar refractivity (Wildman–Crippen MR) is 95.1 cm³/mol. The highest BCUT2D eigenvalue weighted by molar-refractivity contribution is 5.92. The zero-order valence-electron chi connectivity index (χ0n) is 14.7. The van der Waals surface area contributed by atoms with Gasteiger partial charge in [-0.05, 0) is 26.2 Å². The van der Waals surface area contributed by atoms with E-state index in [1.807, 2.05) is 55.4 Å². The van der Waals surface area contributed by atoms with Gasteiger partial charge in [0.15, 0.2) is 6.10 Å². The van der Waals surface area contributed by atoms with Crippen LogP contribution in [-0.2, 0) is 24.7 Å². The lowest BCUT2D eigenvalue weighted by molar-refractivity contribution is -0.179. The first kappa shape index (κ1) is 17.8. The van der Waals surface area contributed by atoms with E-state index in [0.717, 1.165) is 12.2 Å². The van der Waals surface area contributed by atoms with Crippen molar-refractivity contribution in [3.05, 3.63) is 78.1 Å². The van der Waals surface area contributed by atoms with Crippen molar-refractivity contribution in [2.75, 3.05) is 20.6 Å². The van der Waals surface area contributed by atoms with Crippen LogP contribution in [0.15, 0.2) is 66.9 Å². The number of carbonyl (C=O) groups is 2. The maximum absolute atomic E-state index is 12.4. The van der Waals surface area contributed by atoms with E-state index in [4.69, 9.17) is 9.47 Å². The number of cyclic esters (lactones) is 2. The third-order valence-electron chi connectivity index (χ3n) is 4.11. The van der Waals surface area contributed by atoms with Crippen LogP contribution < -0.4 is 0 Å². The summed E-state index contributed by atoms with van der Waals surface area (Å²) in [6, 6.07) is 14.6. The summed E-state index contributed by atoms with van der Waals surface area (Å²) in [5.41, 5.74) is -0.180. The highest BCUT2D eigenvalue weighted by Crippen LogP contribution is 2.39. The lowest BCUT2D eigenvalue weighted by Crippen LogP contribution is -2.52. The number of aromatic nitrogens is 1. The molecular formula is C20H20N2O4. The van der Waals surface area contributed by atoms with E-state index in [0.29, 0.717) is 17.8 Å². The zero-order valence-corrected chi connectivity index (χ0v) is 14.7. The van der Waals surface area contributed by atoms with Gasteiger partial charge in [0.05, 0.1) is 5.69 Å². The summed E-state index contributed by atoms with van der Waals surface area (Å²) < 4.78 is 11.6. The molecule has 6 nitrogen and oxygen atoms in total. The molecule has 2 aromatic rings. The summed E-state index contributed by atoms with van der Waals surface area (Å²) in [5.74, 6) is -1.22. The summed E-state index contributed by atoms with van der Waals surface area (Å²) in [7, 11) is 3.72. The van der Waals surface area contributed by atoms with Crippen LogP contribution in [0.5, 0.6) is 0 Å². The smallest absolute Gasteiger partial charge is 0.332 e. The molecule has 2 unspecified atom stereocenters. The highest BCUT2D eigenvalue weighted by Gasteiger charge is 2.50. The van der Waals surface area contributed by atoms with E-state index in [-0.39, 0.29) is 0 Å². The second-order valence-electron chi connectivity index (χ2n) is 6.26. The lowest BCUT2D eigenvalue weighted by Gasteiger charge is -2.40. The molecule has 134 valence electrons. The van der Waals surface area contributed by atoms with Gasteiger partial charge < -0.3 is 14.4 Å². The van der Waals surface area contributed by atoms with E-state index < -0.39 is 23.6 Å². The maximum Gasteiger partial charge on any atom is 0.332 e. The average Bonchev–Trinajstić information content (AvgIpc) is 2.64. The van der Waals surface area contributed by atoms with Crippen molar-refractivity contribution in [2.45, 2.75) is 11.7 Å².